The van der Waals surface area contributed by atoms with E-state index < -0.39 is 0 Å². The Kier molecular flexibility index (Phi) is 3.53. The minimum Gasteiger partial charge on any atom is -0.368 e. The number of hydrogen-bond acceptors (Lipinski definition) is 7. The van der Waals surface area contributed by atoms with Crippen molar-refractivity contribution in [2.75, 3.05) is 5.73 Å². The van der Waals surface area contributed by atoms with Gasteiger partial charge in [-0.25, -0.2) is 4.98 Å². The summed E-state index contributed by atoms with van der Waals surface area (Å²) in [6.07, 6.45) is 2.93. The summed E-state index contributed by atoms with van der Waals surface area (Å²) in [4.78, 5) is 17.5. The van der Waals surface area contributed by atoms with Gasteiger partial charge in [-0.1, -0.05) is 6.07 Å². The summed E-state index contributed by atoms with van der Waals surface area (Å²) in [5, 5.41) is 4.51. The molecular weight excluding hydrogens is 286 g/mol. The molecule has 0 fully saturated rings. The van der Waals surface area contributed by atoms with Gasteiger partial charge in [0.15, 0.2) is 5.16 Å². The average molecular weight is 299 g/mol. The molecule has 3 aromatic rings. The van der Waals surface area contributed by atoms with Crippen molar-refractivity contribution >= 4 is 17.7 Å². The van der Waals surface area contributed by atoms with Gasteiger partial charge in [0.1, 0.15) is 12.7 Å². The highest BCUT2D eigenvalue weighted by molar-refractivity contribution is 7.99. The Hall–Kier alpha value is -2.48. The number of nitrogen functional groups attached to an aromatic ring is 1. The van der Waals surface area contributed by atoms with Crippen molar-refractivity contribution in [2.24, 2.45) is 0 Å². The third-order valence-electron chi connectivity index (χ3n) is 2.93. The fourth-order valence-electron chi connectivity index (χ4n) is 1.70. The van der Waals surface area contributed by atoms with Crippen molar-refractivity contribution in [2.45, 2.75) is 23.9 Å². The van der Waals surface area contributed by atoms with Crippen molar-refractivity contribution in [1.82, 2.24) is 29.7 Å². The number of aromatic nitrogens is 6. The first-order valence-corrected chi connectivity index (χ1v) is 7.05. The van der Waals surface area contributed by atoms with Crippen LogP contribution in [-0.4, -0.2) is 29.7 Å². The third kappa shape index (κ3) is 3.00. The molecule has 3 rings (SSSR count). The topological polar surface area (TPSA) is 95.4 Å². The van der Waals surface area contributed by atoms with E-state index in [1.54, 1.807) is 0 Å². The Morgan fingerprint density at radius 1 is 1.10 bits per heavy atom. The van der Waals surface area contributed by atoms with Crippen LogP contribution in [0.5, 0.6) is 0 Å². The Balaban J connectivity index is 1.93. The Bertz CT molecular complexity index is 770. The van der Waals surface area contributed by atoms with E-state index >= 15 is 0 Å². The highest BCUT2D eigenvalue weighted by atomic mass is 32.2. The summed E-state index contributed by atoms with van der Waals surface area (Å²) < 4.78 is 1.45. The zero-order valence-corrected chi connectivity index (χ0v) is 12.4. The molecule has 7 nitrogen and oxygen atoms in total. The van der Waals surface area contributed by atoms with Crippen LogP contribution in [-0.2, 0) is 0 Å². The largest absolute Gasteiger partial charge is 0.368 e. The van der Waals surface area contributed by atoms with Crippen LogP contribution in [0.25, 0.3) is 5.95 Å². The quantitative estimate of drug-likeness (QED) is 0.787. The van der Waals surface area contributed by atoms with Crippen LogP contribution in [0.4, 0.5) is 5.95 Å². The van der Waals surface area contributed by atoms with Crippen LogP contribution < -0.4 is 5.73 Å². The van der Waals surface area contributed by atoms with Gasteiger partial charge < -0.3 is 5.73 Å². The first kappa shape index (κ1) is 13.5. The Morgan fingerprint density at radius 2 is 1.95 bits per heavy atom. The van der Waals surface area contributed by atoms with Crippen molar-refractivity contribution in [3.63, 3.8) is 0 Å². The van der Waals surface area contributed by atoms with Crippen LogP contribution >= 0.6 is 11.8 Å². The van der Waals surface area contributed by atoms with E-state index in [1.165, 1.54) is 40.2 Å². The molecule has 0 amide bonds. The van der Waals surface area contributed by atoms with Gasteiger partial charge in [0.25, 0.3) is 5.95 Å². The molecule has 1 aromatic carbocycles. The monoisotopic (exact) mass is 299 g/mol. The molecule has 0 aliphatic carbocycles. The van der Waals surface area contributed by atoms with Gasteiger partial charge in [-0.3, -0.25) is 0 Å². The van der Waals surface area contributed by atoms with Crippen LogP contribution in [0, 0.1) is 13.8 Å². The van der Waals surface area contributed by atoms with Gasteiger partial charge in [0.05, 0.1) is 0 Å². The van der Waals surface area contributed by atoms with Gasteiger partial charge >= 0.3 is 0 Å². The van der Waals surface area contributed by atoms with E-state index in [-0.39, 0.29) is 5.95 Å². The van der Waals surface area contributed by atoms with Crippen molar-refractivity contribution < 1.29 is 0 Å². The van der Waals surface area contributed by atoms with Crippen molar-refractivity contribution in [1.29, 1.82) is 0 Å². The molecule has 0 spiro atoms. The molecule has 8 heteroatoms. The second-order valence-corrected chi connectivity index (χ2v) is 5.51. The van der Waals surface area contributed by atoms with Gasteiger partial charge in [0, 0.05) is 4.90 Å². The first-order valence-electron chi connectivity index (χ1n) is 6.23. The third-order valence-corrected chi connectivity index (χ3v) is 3.79. The van der Waals surface area contributed by atoms with Gasteiger partial charge in [-0.15, -0.1) is 0 Å². The van der Waals surface area contributed by atoms with E-state index in [2.05, 4.69) is 51.0 Å². The maximum atomic E-state index is 5.74. The molecule has 0 aliphatic heterocycles. The number of nitrogens with two attached hydrogens (primary N) is 1. The molecule has 0 aliphatic rings. The fraction of sp³-hybridized carbons (Fsp3) is 0.154. The number of nitrogens with zero attached hydrogens (tertiary/aromatic N) is 6. The highest BCUT2D eigenvalue weighted by Crippen LogP contribution is 2.26. The number of anilines is 1. The van der Waals surface area contributed by atoms with Crippen LogP contribution in [0.15, 0.2) is 40.9 Å². The fourth-order valence-corrected chi connectivity index (χ4v) is 2.55. The lowest BCUT2D eigenvalue weighted by atomic mass is 10.1. The lowest BCUT2D eigenvalue weighted by Crippen LogP contribution is -2.07. The summed E-state index contributed by atoms with van der Waals surface area (Å²) in [7, 11) is 0. The Labute approximate surface area is 125 Å². The molecule has 0 atom stereocenters. The van der Waals surface area contributed by atoms with Gasteiger partial charge in [-0.05, 0) is 48.9 Å². The molecule has 0 radical (unpaired) electrons. The molecule has 2 N–H and O–H groups in total. The smallest absolute Gasteiger partial charge is 0.257 e. The van der Waals surface area contributed by atoms with Crippen LogP contribution in [0.3, 0.4) is 0 Å². The minimum atomic E-state index is 0.154. The number of benzene rings is 1. The van der Waals surface area contributed by atoms with Gasteiger partial charge in [0.2, 0.25) is 5.95 Å². The summed E-state index contributed by atoms with van der Waals surface area (Å²) in [5.41, 5.74) is 8.20. The number of aryl methyl sites for hydroxylation is 2. The molecule has 0 saturated carbocycles. The lowest BCUT2D eigenvalue weighted by Gasteiger charge is -2.06. The maximum absolute atomic E-state index is 5.74. The first-order chi connectivity index (χ1) is 10.1. The van der Waals surface area contributed by atoms with Gasteiger partial charge in [-0.2, -0.15) is 24.7 Å². The summed E-state index contributed by atoms with van der Waals surface area (Å²) in [6.45, 7) is 4.15. The van der Waals surface area contributed by atoms with Crippen LogP contribution in [0.1, 0.15) is 11.1 Å². The second kappa shape index (κ2) is 5.49. The van der Waals surface area contributed by atoms with Crippen molar-refractivity contribution in [3.8, 4) is 5.95 Å². The zero-order chi connectivity index (χ0) is 14.8. The van der Waals surface area contributed by atoms with E-state index in [1.807, 2.05) is 6.07 Å². The Morgan fingerprint density at radius 3 is 2.67 bits per heavy atom. The summed E-state index contributed by atoms with van der Waals surface area (Å²) >= 11 is 1.43. The zero-order valence-electron chi connectivity index (χ0n) is 11.6. The summed E-state index contributed by atoms with van der Waals surface area (Å²) in [6, 6.07) is 6.19. The number of rotatable bonds is 3. The SMILES string of the molecule is Cc1ccc(Sc2nc(N)nc(-n3cncn3)n2)cc1C. The van der Waals surface area contributed by atoms with Crippen LogP contribution in [0.2, 0.25) is 0 Å². The molecule has 0 saturated heterocycles. The minimum absolute atomic E-state index is 0.154. The van der Waals surface area contributed by atoms with Crippen molar-refractivity contribution in [3.05, 3.63) is 42.0 Å². The molecular formula is C13H13N7S. The highest BCUT2D eigenvalue weighted by Gasteiger charge is 2.09. The van der Waals surface area contributed by atoms with E-state index in [0.717, 1.165) is 4.90 Å². The molecule has 0 unspecified atom stereocenters. The maximum Gasteiger partial charge on any atom is 0.257 e. The lowest BCUT2D eigenvalue weighted by molar-refractivity contribution is 0.763. The average Bonchev–Trinajstić information content (AvgIpc) is 2.96. The summed E-state index contributed by atoms with van der Waals surface area (Å²) in [5.74, 6) is 0.508. The van der Waals surface area contributed by atoms with E-state index in [9.17, 15) is 0 Å². The molecule has 106 valence electrons. The van der Waals surface area contributed by atoms with E-state index in [0.29, 0.717) is 11.1 Å². The molecule has 0 bridgehead atoms. The molecule has 2 heterocycles. The van der Waals surface area contributed by atoms with E-state index in [4.69, 9.17) is 5.73 Å². The number of hydrogen-bond donors (Lipinski definition) is 1. The second-order valence-electron chi connectivity index (χ2n) is 4.46. The standard InChI is InChI=1S/C13H13N7S/c1-8-3-4-10(5-9(8)2)21-13-18-11(14)17-12(19-13)20-7-15-6-16-20/h3-7H,1-2H3,(H2,14,17,18,19). The predicted molar refractivity (Wildman–Crippen MR) is 79.2 cm³/mol. The molecule has 2 aromatic heterocycles. The predicted octanol–water partition coefficient (Wildman–Crippen LogP) is 1.80. The molecule has 21 heavy (non-hydrogen) atoms. The normalized spacial score (nSPS) is 10.8.